The predicted octanol–water partition coefficient (Wildman–Crippen LogP) is 0.0183. The minimum Gasteiger partial charge on any atom is -0.451 e. The van der Waals surface area contributed by atoms with E-state index in [0.29, 0.717) is 0 Å². The summed E-state index contributed by atoms with van der Waals surface area (Å²) in [5.74, 6) is -1.07. The van der Waals surface area contributed by atoms with Gasteiger partial charge in [-0.25, -0.2) is 0 Å². The lowest BCUT2D eigenvalue weighted by molar-refractivity contribution is -0.159. The number of hydrogen-bond acceptors (Lipinski definition) is 6. The molecule has 0 saturated carbocycles. The first kappa shape index (κ1) is 14.9. The third kappa shape index (κ3) is 3.15. The molecule has 0 aromatic carbocycles. The number of esters is 1. The van der Waals surface area contributed by atoms with Gasteiger partial charge in [0.05, 0.1) is 5.41 Å². The van der Waals surface area contributed by atoms with E-state index in [9.17, 15) is 14.4 Å². The summed E-state index contributed by atoms with van der Waals surface area (Å²) >= 11 is 0. The summed E-state index contributed by atoms with van der Waals surface area (Å²) in [7, 11) is 0. The lowest BCUT2D eigenvalue weighted by atomic mass is 9.98. The van der Waals surface area contributed by atoms with Crippen molar-refractivity contribution in [2.45, 2.75) is 20.8 Å². The Morgan fingerprint density at radius 1 is 1.38 bits per heavy atom. The van der Waals surface area contributed by atoms with Gasteiger partial charge >= 0.3 is 5.97 Å². The maximum Gasteiger partial charge on any atom is 0.314 e. The van der Waals surface area contributed by atoms with E-state index < -0.39 is 29.5 Å². The third-order valence-corrected chi connectivity index (χ3v) is 2.77. The molecule has 21 heavy (non-hydrogen) atoms. The van der Waals surface area contributed by atoms with Crippen LogP contribution in [0.2, 0.25) is 0 Å². The average Bonchev–Trinajstić information content (AvgIpc) is 2.40. The second-order valence-electron chi connectivity index (χ2n) is 5.51. The smallest absolute Gasteiger partial charge is 0.314 e. The summed E-state index contributed by atoms with van der Waals surface area (Å²) in [4.78, 5) is 35.3. The fourth-order valence-electron chi connectivity index (χ4n) is 1.65. The van der Waals surface area contributed by atoms with Crippen molar-refractivity contribution in [1.29, 1.82) is 0 Å². The van der Waals surface area contributed by atoms with Gasteiger partial charge in [0.25, 0.3) is 5.91 Å². The molecule has 0 saturated heterocycles. The van der Waals surface area contributed by atoms with Gasteiger partial charge in [-0.1, -0.05) is 0 Å². The Morgan fingerprint density at radius 3 is 2.76 bits per heavy atom. The molecule has 0 aliphatic carbocycles. The SMILES string of the molecule is CC(C)(C)C(=O)OCOc1c2n(ccc1=O)NCNC2=O. The molecule has 1 aliphatic heterocycles. The second-order valence-corrected chi connectivity index (χ2v) is 5.51. The van der Waals surface area contributed by atoms with E-state index >= 15 is 0 Å². The van der Waals surface area contributed by atoms with Crippen LogP contribution in [0.1, 0.15) is 31.3 Å². The number of ether oxygens (including phenoxy) is 2. The van der Waals surface area contributed by atoms with Gasteiger partial charge in [-0.05, 0) is 20.8 Å². The van der Waals surface area contributed by atoms with Crippen molar-refractivity contribution in [2.75, 3.05) is 18.9 Å². The van der Waals surface area contributed by atoms with Gasteiger partial charge in [0.15, 0.2) is 5.69 Å². The molecule has 114 valence electrons. The highest BCUT2D eigenvalue weighted by molar-refractivity contribution is 5.96. The number of fused-ring (bicyclic) bond motifs is 1. The monoisotopic (exact) mass is 295 g/mol. The molecule has 2 rings (SSSR count). The number of aromatic nitrogens is 1. The van der Waals surface area contributed by atoms with E-state index in [2.05, 4.69) is 10.7 Å². The van der Waals surface area contributed by atoms with Crippen LogP contribution in [0.3, 0.4) is 0 Å². The number of rotatable bonds is 3. The molecule has 8 nitrogen and oxygen atoms in total. The summed E-state index contributed by atoms with van der Waals surface area (Å²) in [5.41, 5.74) is 1.75. The van der Waals surface area contributed by atoms with Gasteiger partial charge in [-0.2, -0.15) is 0 Å². The molecule has 0 spiro atoms. The zero-order valence-corrected chi connectivity index (χ0v) is 12.1. The Hall–Kier alpha value is -2.51. The quantitative estimate of drug-likeness (QED) is 0.602. The van der Waals surface area contributed by atoms with Gasteiger partial charge < -0.3 is 20.2 Å². The highest BCUT2D eigenvalue weighted by atomic mass is 16.7. The number of hydrogen-bond donors (Lipinski definition) is 2. The van der Waals surface area contributed by atoms with Crippen LogP contribution in [0.5, 0.6) is 5.75 Å². The summed E-state index contributed by atoms with van der Waals surface area (Å²) in [6.07, 6.45) is 1.43. The number of amides is 1. The van der Waals surface area contributed by atoms with E-state index in [-0.39, 0.29) is 18.1 Å². The third-order valence-electron chi connectivity index (χ3n) is 2.77. The predicted molar refractivity (Wildman–Crippen MR) is 73.4 cm³/mol. The first-order chi connectivity index (χ1) is 9.80. The second kappa shape index (κ2) is 5.47. The first-order valence-electron chi connectivity index (χ1n) is 6.38. The topological polar surface area (TPSA) is 98.7 Å². The molecule has 1 aromatic rings. The minimum atomic E-state index is -0.673. The molecule has 1 aromatic heterocycles. The zero-order chi connectivity index (χ0) is 15.6. The maximum absolute atomic E-state index is 11.8. The molecule has 1 amide bonds. The van der Waals surface area contributed by atoms with Crippen LogP contribution in [0.25, 0.3) is 0 Å². The van der Waals surface area contributed by atoms with Crippen molar-refractivity contribution < 1.29 is 19.1 Å². The molecule has 0 atom stereocenters. The molecular weight excluding hydrogens is 278 g/mol. The average molecular weight is 295 g/mol. The Kier molecular flexibility index (Phi) is 3.88. The van der Waals surface area contributed by atoms with Crippen molar-refractivity contribution in [2.24, 2.45) is 5.41 Å². The molecule has 8 heteroatoms. The highest BCUT2D eigenvalue weighted by Crippen LogP contribution is 2.17. The first-order valence-corrected chi connectivity index (χ1v) is 6.38. The van der Waals surface area contributed by atoms with Crippen molar-refractivity contribution in [1.82, 2.24) is 9.99 Å². The van der Waals surface area contributed by atoms with Crippen molar-refractivity contribution in [3.8, 4) is 5.75 Å². The molecule has 0 bridgehead atoms. The van der Waals surface area contributed by atoms with Crippen LogP contribution >= 0.6 is 0 Å². The van der Waals surface area contributed by atoms with Gasteiger partial charge in [0.2, 0.25) is 18.0 Å². The van der Waals surface area contributed by atoms with Crippen molar-refractivity contribution >= 4 is 11.9 Å². The molecule has 2 heterocycles. The Balaban J connectivity index is 2.16. The molecule has 1 aliphatic rings. The van der Waals surface area contributed by atoms with Gasteiger partial charge in [-0.3, -0.25) is 19.1 Å². The normalized spacial score (nSPS) is 13.8. The van der Waals surface area contributed by atoms with Gasteiger partial charge in [0.1, 0.15) is 6.67 Å². The standard InChI is InChI=1S/C13H17N3O5/c1-13(2,3)12(19)21-7-20-10-8(17)4-5-16-9(10)11(18)14-6-15-16/h4-5,15H,6-7H2,1-3H3,(H,14,18). The molecule has 0 radical (unpaired) electrons. The number of carbonyl (C=O) groups excluding carboxylic acids is 2. The van der Waals surface area contributed by atoms with Crippen LogP contribution in [0.4, 0.5) is 0 Å². The number of pyridine rings is 1. The van der Waals surface area contributed by atoms with E-state index in [4.69, 9.17) is 9.47 Å². The van der Waals surface area contributed by atoms with Crippen LogP contribution < -0.4 is 20.9 Å². The molecule has 0 unspecified atom stereocenters. The largest absolute Gasteiger partial charge is 0.451 e. The molecule has 0 fully saturated rings. The van der Waals surface area contributed by atoms with E-state index in [1.54, 1.807) is 20.8 Å². The maximum atomic E-state index is 11.8. The van der Waals surface area contributed by atoms with Crippen LogP contribution in [-0.2, 0) is 9.53 Å². The Bertz CT molecular complexity index is 630. The summed E-state index contributed by atoms with van der Waals surface area (Å²) in [6, 6.07) is 1.26. The molecule has 2 N–H and O–H groups in total. The Labute approximate surface area is 121 Å². The Morgan fingerprint density at radius 2 is 2.10 bits per heavy atom. The van der Waals surface area contributed by atoms with Gasteiger partial charge in [0, 0.05) is 12.3 Å². The van der Waals surface area contributed by atoms with Gasteiger partial charge in [-0.15, -0.1) is 0 Å². The van der Waals surface area contributed by atoms with E-state index in [1.807, 2.05) is 0 Å². The summed E-state index contributed by atoms with van der Waals surface area (Å²) in [6.45, 7) is 4.91. The fourth-order valence-corrected chi connectivity index (χ4v) is 1.65. The minimum absolute atomic E-state index is 0.0422. The number of nitrogens with one attached hydrogen (secondary N) is 2. The number of nitrogens with zero attached hydrogens (tertiary/aromatic N) is 1. The molecular formula is C13H17N3O5. The zero-order valence-electron chi connectivity index (χ0n) is 12.1. The van der Waals surface area contributed by atoms with Crippen molar-refractivity contribution in [3.63, 3.8) is 0 Å². The summed E-state index contributed by atoms with van der Waals surface area (Å²) < 4.78 is 11.5. The van der Waals surface area contributed by atoms with E-state index in [0.717, 1.165) is 0 Å². The highest BCUT2D eigenvalue weighted by Gasteiger charge is 2.25. The van der Waals surface area contributed by atoms with Crippen LogP contribution in [-0.4, -0.2) is 30.0 Å². The van der Waals surface area contributed by atoms with Crippen LogP contribution in [0, 0.1) is 5.41 Å². The fraction of sp³-hybridized carbons (Fsp3) is 0.462. The van der Waals surface area contributed by atoms with Crippen molar-refractivity contribution in [3.05, 3.63) is 28.2 Å². The number of carbonyl (C=O) groups is 2. The lowest BCUT2D eigenvalue weighted by Crippen LogP contribution is -2.43. The lowest BCUT2D eigenvalue weighted by Gasteiger charge is -2.23. The van der Waals surface area contributed by atoms with E-state index in [1.165, 1.54) is 16.9 Å². The summed E-state index contributed by atoms with van der Waals surface area (Å²) in [5, 5.41) is 2.53. The van der Waals surface area contributed by atoms with Crippen LogP contribution in [0.15, 0.2) is 17.1 Å².